The Balaban J connectivity index is 1.35. The highest BCUT2D eigenvalue weighted by Crippen LogP contribution is 2.35. The number of fused-ring (bicyclic) bond motifs is 5. The van der Waals surface area contributed by atoms with Gasteiger partial charge in [0.1, 0.15) is 0 Å². The molecule has 0 saturated heterocycles. The quantitative estimate of drug-likeness (QED) is 0.230. The lowest BCUT2D eigenvalue weighted by Gasteiger charge is -2.13. The number of benzene rings is 5. The highest BCUT2D eigenvalue weighted by molar-refractivity contribution is 5.99. The van der Waals surface area contributed by atoms with E-state index in [0.29, 0.717) is 0 Å². The van der Waals surface area contributed by atoms with Crippen molar-refractivity contribution in [1.82, 2.24) is 14.4 Å². The van der Waals surface area contributed by atoms with Gasteiger partial charge in [-0.1, -0.05) is 109 Å². The van der Waals surface area contributed by atoms with E-state index in [4.69, 9.17) is 9.97 Å². The van der Waals surface area contributed by atoms with Crippen molar-refractivity contribution in [2.24, 2.45) is 0 Å². The Morgan fingerprint density at radius 3 is 1.68 bits per heavy atom. The van der Waals surface area contributed by atoms with E-state index in [1.54, 1.807) is 0 Å². The van der Waals surface area contributed by atoms with Gasteiger partial charge in [0.15, 0.2) is 0 Å². The molecule has 3 heteroatoms. The minimum Gasteiger partial charge on any atom is -0.306 e. The van der Waals surface area contributed by atoms with E-state index >= 15 is 0 Å². The van der Waals surface area contributed by atoms with Gasteiger partial charge in [-0.05, 0) is 53.6 Å². The van der Waals surface area contributed by atoms with Crippen LogP contribution in [-0.2, 0) is 0 Å². The Morgan fingerprint density at radius 2 is 0.951 bits per heavy atom. The zero-order valence-corrected chi connectivity index (χ0v) is 22.3. The second kappa shape index (κ2) is 9.58. The maximum atomic E-state index is 5.20. The molecule has 0 unspecified atom stereocenters. The van der Waals surface area contributed by atoms with Gasteiger partial charge in [0, 0.05) is 22.1 Å². The molecule has 0 atom stereocenters. The van der Waals surface area contributed by atoms with Crippen molar-refractivity contribution in [3.05, 3.63) is 152 Å². The maximum Gasteiger partial charge on any atom is 0.0951 e. The third-order valence-electron chi connectivity index (χ3n) is 7.74. The first kappa shape index (κ1) is 23.4. The third kappa shape index (κ3) is 4.07. The summed E-state index contributed by atoms with van der Waals surface area (Å²) < 4.78 is 2.34. The number of aromatic nitrogens is 3. The Hall–Kier alpha value is -5.54. The fourth-order valence-corrected chi connectivity index (χ4v) is 5.78. The normalized spacial score (nSPS) is 11.4. The molecule has 3 nitrogen and oxygen atoms in total. The van der Waals surface area contributed by atoms with E-state index in [2.05, 4.69) is 144 Å². The van der Waals surface area contributed by atoms with Gasteiger partial charge in [-0.15, -0.1) is 0 Å². The first-order chi connectivity index (χ1) is 20.3. The Kier molecular flexibility index (Phi) is 5.46. The van der Waals surface area contributed by atoms with Crippen LogP contribution in [0.1, 0.15) is 0 Å². The molecular formula is C38H25N3. The number of para-hydroxylation sites is 3. The first-order valence-electron chi connectivity index (χ1n) is 13.8. The summed E-state index contributed by atoms with van der Waals surface area (Å²) in [6.07, 6.45) is 0. The van der Waals surface area contributed by atoms with E-state index in [1.165, 1.54) is 10.9 Å². The van der Waals surface area contributed by atoms with Gasteiger partial charge in [0.2, 0.25) is 0 Å². The summed E-state index contributed by atoms with van der Waals surface area (Å²) in [5, 5.41) is 1.21. The molecule has 8 rings (SSSR count). The van der Waals surface area contributed by atoms with Crippen molar-refractivity contribution in [2.75, 3.05) is 0 Å². The summed E-state index contributed by atoms with van der Waals surface area (Å²) in [6.45, 7) is 0. The van der Waals surface area contributed by atoms with E-state index in [1.807, 2.05) is 12.1 Å². The fourth-order valence-electron chi connectivity index (χ4n) is 5.78. The largest absolute Gasteiger partial charge is 0.306 e. The van der Waals surface area contributed by atoms with Gasteiger partial charge in [-0.2, -0.15) is 0 Å². The lowest BCUT2D eigenvalue weighted by Crippen LogP contribution is -1.95. The average molecular weight is 524 g/mol. The molecule has 192 valence electrons. The van der Waals surface area contributed by atoms with Crippen LogP contribution in [0.15, 0.2) is 152 Å². The third-order valence-corrected chi connectivity index (χ3v) is 7.74. The summed E-state index contributed by atoms with van der Waals surface area (Å²) in [6, 6.07) is 53.1. The van der Waals surface area contributed by atoms with Crippen molar-refractivity contribution in [3.63, 3.8) is 0 Å². The molecule has 0 aliphatic heterocycles. The first-order valence-corrected chi connectivity index (χ1v) is 13.8. The van der Waals surface area contributed by atoms with Crippen LogP contribution in [0.4, 0.5) is 0 Å². The Bertz CT molecular complexity index is 2140. The summed E-state index contributed by atoms with van der Waals surface area (Å²) in [5.74, 6) is 0. The van der Waals surface area contributed by atoms with Gasteiger partial charge in [-0.3, -0.25) is 0 Å². The summed E-state index contributed by atoms with van der Waals surface area (Å²) in [5.41, 5.74) is 12.8. The van der Waals surface area contributed by atoms with Crippen LogP contribution in [0.5, 0.6) is 0 Å². The van der Waals surface area contributed by atoms with E-state index in [9.17, 15) is 0 Å². The molecule has 0 fully saturated rings. The number of pyridine rings is 1. The van der Waals surface area contributed by atoms with Crippen LogP contribution < -0.4 is 0 Å². The van der Waals surface area contributed by atoms with Crippen LogP contribution in [0.2, 0.25) is 0 Å². The average Bonchev–Trinajstić information content (AvgIpc) is 3.45. The lowest BCUT2D eigenvalue weighted by atomic mass is 9.97. The Labute approximate surface area is 238 Å². The molecule has 41 heavy (non-hydrogen) atoms. The molecule has 0 bridgehead atoms. The van der Waals surface area contributed by atoms with Crippen molar-refractivity contribution in [2.45, 2.75) is 0 Å². The number of nitrogens with zero attached hydrogens (tertiary/aromatic N) is 3. The van der Waals surface area contributed by atoms with Crippen molar-refractivity contribution in [1.29, 1.82) is 0 Å². The van der Waals surface area contributed by atoms with Crippen LogP contribution >= 0.6 is 0 Å². The summed E-state index contributed by atoms with van der Waals surface area (Å²) in [7, 11) is 0. The maximum absolute atomic E-state index is 5.20. The van der Waals surface area contributed by atoms with Crippen LogP contribution in [0.3, 0.4) is 0 Å². The van der Waals surface area contributed by atoms with Gasteiger partial charge in [-0.25, -0.2) is 9.97 Å². The molecule has 0 aliphatic carbocycles. The molecule has 0 spiro atoms. The molecule has 0 saturated carbocycles. The topological polar surface area (TPSA) is 30.2 Å². The molecule has 0 amide bonds. The molecular weight excluding hydrogens is 498 g/mol. The van der Waals surface area contributed by atoms with Crippen LogP contribution in [0.25, 0.3) is 72.4 Å². The minimum absolute atomic E-state index is 0.955. The second-order valence-electron chi connectivity index (χ2n) is 10.3. The second-order valence-corrected chi connectivity index (χ2v) is 10.3. The molecule has 5 aromatic carbocycles. The summed E-state index contributed by atoms with van der Waals surface area (Å²) >= 11 is 0. The van der Waals surface area contributed by atoms with Gasteiger partial charge in [0.05, 0.1) is 39.1 Å². The number of rotatable bonds is 4. The van der Waals surface area contributed by atoms with E-state index in [0.717, 1.165) is 61.4 Å². The van der Waals surface area contributed by atoms with Crippen LogP contribution in [-0.4, -0.2) is 14.4 Å². The predicted molar refractivity (Wildman–Crippen MR) is 170 cm³/mol. The summed E-state index contributed by atoms with van der Waals surface area (Å²) in [4.78, 5) is 10.3. The van der Waals surface area contributed by atoms with Gasteiger partial charge < -0.3 is 4.40 Å². The highest BCUT2D eigenvalue weighted by atomic mass is 14.9. The number of hydrogen-bond acceptors (Lipinski definition) is 2. The predicted octanol–water partition coefficient (Wildman–Crippen LogP) is 9.70. The molecule has 3 aromatic heterocycles. The van der Waals surface area contributed by atoms with Crippen molar-refractivity contribution in [3.8, 4) is 44.9 Å². The fraction of sp³-hybridized carbons (Fsp3) is 0. The number of hydrogen-bond donors (Lipinski definition) is 0. The molecule has 0 N–H and O–H groups in total. The lowest BCUT2D eigenvalue weighted by molar-refractivity contribution is 1.27. The van der Waals surface area contributed by atoms with Gasteiger partial charge in [0.25, 0.3) is 0 Å². The van der Waals surface area contributed by atoms with Crippen LogP contribution in [0, 0.1) is 0 Å². The van der Waals surface area contributed by atoms with E-state index < -0.39 is 0 Å². The smallest absolute Gasteiger partial charge is 0.0951 e. The standard InChI is InChI=1S/C38H25N3/c1-3-12-26(13-4-1)33-23-31(24-34(39-33)27-14-5-2-6-15-27)28-17-11-18-30(22-28)38-37-25-29-16-7-9-20-35(29)41(37)36-21-10-8-19-32(36)40-38/h1-25H. The zero-order chi connectivity index (χ0) is 27.2. The minimum atomic E-state index is 0.955. The molecule has 8 aromatic rings. The van der Waals surface area contributed by atoms with E-state index in [-0.39, 0.29) is 0 Å². The SMILES string of the molecule is c1ccc(-c2cc(-c3cccc(-c4nc5ccccc5n5c4cc4ccccc45)c3)cc(-c3ccccc3)n2)cc1. The zero-order valence-electron chi connectivity index (χ0n) is 22.3. The molecule has 0 aliphatic rings. The highest BCUT2D eigenvalue weighted by Gasteiger charge is 2.15. The monoisotopic (exact) mass is 523 g/mol. The Morgan fingerprint density at radius 1 is 0.366 bits per heavy atom. The van der Waals surface area contributed by atoms with Crippen molar-refractivity contribution >= 4 is 27.5 Å². The molecule has 3 heterocycles. The van der Waals surface area contributed by atoms with Gasteiger partial charge >= 0.3 is 0 Å². The molecule has 0 radical (unpaired) electrons. The van der Waals surface area contributed by atoms with Crippen molar-refractivity contribution < 1.29 is 0 Å².